The molecule has 1 aliphatic heterocycles. The Balaban J connectivity index is 2.91. The molecular formula is C12H25N3O3S. The fraction of sp³-hybridized carbons (Fsp3) is 0.917. The van der Waals surface area contributed by atoms with Crippen molar-refractivity contribution >= 4 is 15.9 Å². The second-order valence-electron chi connectivity index (χ2n) is 6.31. The maximum absolute atomic E-state index is 12.5. The minimum Gasteiger partial charge on any atom is -0.369 e. The molecule has 1 saturated heterocycles. The number of hydrogen-bond donors (Lipinski definition) is 2. The second kappa shape index (κ2) is 6.19. The Morgan fingerprint density at radius 1 is 1.32 bits per heavy atom. The summed E-state index contributed by atoms with van der Waals surface area (Å²) in [6.07, 6.45) is 1.44. The van der Waals surface area contributed by atoms with Crippen molar-refractivity contribution < 1.29 is 13.2 Å². The van der Waals surface area contributed by atoms with Gasteiger partial charge in [0.05, 0.1) is 12.3 Å². The maximum atomic E-state index is 12.5. The molecule has 3 N–H and O–H groups in total. The molecule has 6 nitrogen and oxygen atoms in total. The normalized spacial score (nSPS) is 18.7. The maximum Gasteiger partial charge on any atom is 0.232 e. The summed E-state index contributed by atoms with van der Waals surface area (Å²) >= 11 is 0. The molecule has 0 unspecified atom stereocenters. The van der Waals surface area contributed by atoms with Crippen molar-refractivity contribution in [2.45, 2.75) is 39.7 Å². The average Bonchev–Trinajstić information content (AvgIpc) is 2.23. The van der Waals surface area contributed by atoms with Crippen LogP contribution in [0.3, 0.4) is 0 Å². The summed E-state index contributed by atoms with van der Waals surface area (Å²) in [6, 6.07) is -0.124. The van der Waals surface area contributed by atoms with Gasteiger partial charge in [-0.3, -0.25) is 4.79 Å². The summed E-state index contributed by atoms with van der Waals surface area (Å²) < 4.78 is 26.3. The van der Waals surface area contributed by atoms with Crippen LogP contribution in [0.1, 0.15) is 33.6 Å². The van der Waals surface area contributed by atoms with Crippen molar-refractivity contribution in [1.82, 2.24) is 9.62 Å². The van der Waals surface area contributed by atoms with E-state index in [2.05, 4.69) is 5.32 Å². The molecule has 0 radical (unpaired) electrons. The largest absolute Gasteiger partial charge is 0.369 e. The van der Waals surface area contributed by atoms with Crippen LogP contribution in [0.5, 0.6) is 0 Å². The predicted molar refractivity (Wildman–Crippen MR) is 75.0 cm³/mol. The van der Waals surface area contributed by atoms with E-state index in [4.69, 9.17) is 5.73 Å². The predicted octanol–water partition coefficient (Wildman–Crippen LogP) is -0.0984. The van der Waals surface area contributed by atoms with Gasteiger partial charge in [0.25, 0.3) is 0 Å². The number of piperidine rings is 1. The van der Waals surface area contributed by atoms with Crippen molar-refractivity contribution in [3.8, 4) is 0 Å². The zero-order valence-corrected chi connectivity index (χ0v) is 12.8. The second-order valence-corrected chi connectivity index (χ2v) is 8.23. The molecular weight excluding hydrogens is 266 g/mol. The summed E-state index contributed by atoms with van der Waals surface area (Å²) in [6.45, 7) is 6.93. The first-order chi connectivity index (χ1) is 8.62. The van der Waals surface area contributed by atoms with Crippen LogP contribution >= 0.6 is 0 Å². The number of amides is 1. The van der Waals surface area contributed by atoms with Gasteiger partial charge in [0, 0.05) is 6.04 Å². The topological polar surface area (TPSA) is 92.5 Å². The minimum atomic E-state index is -3.47. The van der Waals surface area contributed by atoms with Crippen LogP contribution in [0.4, 0.5) is 0 Å². The number of nitrogens with two attached hydrogens (primary N) is 1. The van der Waals surface area contributed by atoms with Crippen LogP contribution in [0.15, 0.2) is 0 Å². The van der Waals surface area contributed by atoms with Gasteiger partial charge in [-0.15, -0.1) is 0 Å². The number of sulfonamides is 1. The first kappa shape index (κ1) is 16.4. The molecule has 1 amide bonds. The molecule has 1 heterocycles. The summed E-state index contributed by atoms with van der Waals surface area (Å²) in [5.74, 6) is -0.576. The lowest BCUT2D eigenvalue weighted by Gasteiger charge is -2.34. The van der Waals surface area contributed by atoms with Gasteiger partial charge < -0.3 is 11.1 Å². The van der Waals surface area contributed by atoms with Gasteiger partial charge >= 0.3 is 0 Å². The highest BCUT2D eigenvalue weighted by atomic mass is 32.2. The van der Waals surface area contributed by atoms with Crippen molar-refractivity contribution in [3.05, 3.63) is 0 Å². The Kier molecular flexibility index (Phi) is 5.34. The Morgan fingerprint density at radius 2 is 1.84 bits per heavy atom. The van der Waals surface area contributed by atoms with E-state index in [1.54, 1.807) is 0 Å². The van der Waals surface area contributed by atoms with Gasteiger partial charge in [-0.25, -0.2) is 8.42 Å². The fourth-order valence-corrected chi connectivity index (χ4v) is 4.58. The van der Waals surface area contributed by atoms with Crippen LogP contribution in [-0.4, -0.2) is 50.1 Å². The third-order valence-corrected chi connectivity index (χ3v) is 5.37. The van der Waals surface area contributed by atoms with Crippen molar-refractivity contribution in [2.75, 3.05) is 25.4 Å². The van der Waals surface area contributed by atoms with E-state index in [0.29, 0.717) is 0 Å². The molecule has 0 aromatic rings. The number of rotatable bonds is 5. The zero-order valence-electron chi connectivity index (χ0n) is 12.0. The lowest BCUT2D eigenvalue weighted by atomic mass is 10.0. The molecule has 0 aromatic carbocycles. The standard InChI is InChI=1S/C12H25N3O3S/c1-12(2,3)9-19(17,18)15(8-11(13)16)10-4-6-14-7-5-10/h10,14H,4-9H2,1-3H3,(H2,13,16). The van der Waals surface area contributed by atoms with Crippen LogP contribution < -0.4 is 11.1 Å². The monoisotopic (exact) mass is 291 g/mol. The van der Waals surface area contributed by atoms with Gasteiger partial charge in [-0.05, 0) is 31.3 Å². The SMILES string of the molecule is CC(C)(C)CS(=O)(=O)N(CC(N)=O)C1CCNCC1. The first-order valence-corrected chi connectivity index (χ1v) is 8.21. The zero-order chi connectivity index (χ0) is 14.7. The molecule has 1 aliphatic rings. The van der Waals surface area contributed by atoms with Crippen LogP contribution in [0, 0.1) is 5.41 Å². The summed E-state index contributed by atoms with van der Waals surface area (Å²) in [4.78, 5) is 11.2. The van der Waals surface area contributed by atoms with E-state index in [-0.39, 0.29) is 23.8 Å². The van der Waals surface area contributed by atoms with Crippen molar-refractivity contribution in [2.24, 2.45) is 11.1 Å². The molecule has 1 fully saturated rings. The molecule has 0 aromatic heterocycles. The number of carbonyl (C=O) groups is 1. The number of hydrogen-bond acceptors (Lipinski definition) is 4. The van der Waals surface area contributed by atoms with Gasteiger partial charge in [-0.1, -0.05) is 20.8 Å². The van der Waals surface area contributed by atoms with E-state index in [1.807, 2.05) is 20.8 Å². The highest BCUT2D eigenvalue weighted by Gasteiger charge is 2.34. The molecule has 0 atom stereocenters. The van der Waals surface area contributed by atoms with Crippen LogP contribution in [-0.2, 0) is 14.8 Å². The number of nitrogens with zero attached hydrogens (tertiary/aromatic N) is 1. The molecule has 0 spiro atoms. The van der Waals surface area contributed by atoms with Gasteiger partial charge in [0.2, 0.25) is 15.9 Å². The summed E-state index contributed by atoms with van der Waals surface area (Å²) in [5, 5.41) is 3.18. The van der Waals surface area contributed by atoms with Gasteiger partial charge in [-0.2, -0.15) is 4.31 Å². The highest BCUT2D eigenvalue weighted by Crippen LogP contribution is 2.22. The van der Waals surface area contributed by atoms with Crippen molar-refractivity contribution in [3.63, 3.8) is 0 Å². The van der Waals surface area contributed by atoms with Gasteiger partial charge in [0.15, 0.2) is 0 Å². The molecule has 0 saturated carbocycles. The van der Waals surface area contributed by atoms with E-state index in [9.17, 15) is 13.2 Å². The van der Waals surface area contributed by atoms with E-state index in [0.717, 1.165) is 25.9 Å². The molecule has 19 heavy (non-hydrogen) atoms. The average molecular weight is 291 g/mol. The Labute approximate surface area is 115 Å². The Bertz CT molecular complexity index is 408. The fourth-order valence-electron chi connectivity index (χ4n) is 2.33. The minimum absolute atomic E-state index is 0.0250. The third kappa shape index (κ3) is 5.46. The van der Waals surface area contributed by atoms with E-state index < -0.39 is 15.9 Å². The molecule has 7 heteroatoms. The highest BCUT2D eigenvalue weighted by molar-refractivity contribution is 7.89. The smallest absolute Gasteiger partial charge is 0.232 e. The molecule has 0 aliphatic carbocycles. The van der Waals surface area contributed by atoms with Crippen LogP contribution in [0.2, 0.25) is 0 Å². The number of nitrogens with one attached hydrogen (secondary N) is 1. The first-order valence-electron chi connectivity index (χ1n) is 6.60. The molecule has 1 rings (SSSR count). The number of carbonyl (C=O) groups excluding carboxylic acids is 1. The van der Waals surface area contributed by atoms with E-state index >= 15 is 0 Å². The van der Waals surface area contributed by atoms with E-state index in [1.165, 1.54) is 4.31 Å². The van der Waals surface area contributed by atoms with Crippen molar-refractivity contribution in [1.29, 1.82) is 0 Å². The summed E-state index contributed by atoms with van der Waals surface area (Å²) in [7, 11) is -3.47. The van der Waals surface area contributed by atoms with Gasteiger partial charge in [0.1, 0.15) is 0 Å². The Hall–Kier alpha value is -0.660. The Morgan fingerprint density at radius 3 is 2.26 bits per heavy atom. The lowest BCUT2D eigenvalue weighted by Crippen LogP contribution is -2.50. The number of primary amides is 1. The quantitative estimate of drug-likeness (QED) is 0.740. The third-order valence-electron chi connectivity index (χ3n) is 3.00. The molecule has 112 valence electrons. The lowest BCUT2D eigenvalue weighted by molar-refractivity contribution is -0.118. The molecule has 0 bridgehead atoms. The summed E-state index contributed by atoms with van der Waals surface area (Å²) in [5.41, 5.74) is 4.85. The van der Waals surface area contributed by atoms with Crippen LogP contribution in [0.25, 0.3) is 0 Å².